The topological polar surface area (TPSA) is 41.6 Å². The van der Waals surface area contributed by atoms with Crippen LogP contribution in [0.4, 0.5) is 18.0 Å². The lowest BCUT2D eigenvalue weighted by molar-refractivity contribution is -0.140. The predicted octanol–water partition coefficient (Wildman–Crippen LogP) is 7.92. The van der Waals surface area contributed by atoms with Crippen LogP contribution in [0.15, 0.2) is 53.4 Å². The molecule has 0 spiro atoms. The second-order valence-electron chi connectivity index (χ2n) is 11.2. The third kappa shape index (κ3) is 6.68. The minimum absolute atomic E-state index is 0.0890. The second-order valence-corrected chi connectivity index (χ2v) is 12.0. The van der Waals surface area contributed by atoms with E-state index < -0.39 is 17.8 Å². The summed E-state index contributed by atoms with van der Waals surface area (Å²) in [4.78, 5) is 16.0. The number of halogens is 3. The fraction of sp³-hybridized carbons (Fsp3) is 0.567. The van der Waals surface area contributed by atoms with Gasteiger partial charge in [-0.25, -0.2) is 4.79 Å². The number of ether oxygens (including phenoxy) is 1. The van der Waals surface area contributed by atoms with Crippen molar-refractivity contribution in [1.82, 2.24) is 10.2 Å². The van der Waals surface area contributed by atoms with Crippen LogP contribution in [0.3, 0.4) is 0 Å². The first-order valence-corrected chi connectivity index (χ1v) is 14.8. The molecule has 0 radical (unpaired) electrons. The average molecular weight is 549 g/mol. The highest BCUT2D eigenvalue weighted by Crippen LogP contribution is 2.40. The summed E-state index contributed by atoms with van der Waals surface area (Å²) in [5, 5.41) is 3.34. The number of urea groups is 1. The molecule has 1 saturated heterocycles. The third-order valence-corrected chi connectivity index (χ3v) is 8.85. The van der Waals surface area contributed by atoms with Crippen LogP contribution in [0, 0.1) is 11.8 Å². The van der Waals surface area contributed by atoms with E-state index in [2.05, 4.69) is 26.1 Å². The standard InChI is InChI=1S/C30H39F3N2O2S/c1-5-29(16-20(2)10-11-21(3)17-29)34-28(36)35-18-23(19-35)37-27(22-12-14-24(38-4)15-13-22)25-8-6-7-9-26(25)30(31,32)33/h6-9,12-15,20-21,23,27H,5,10-11,16-19H2,1-4H3,(H,34,36). The SMILES string of the molecule is CCC1(NC(=O)N2CC(OC(c3ccc(SC)cc3)c3ccccc3C(F)(F)F)C2)CC(C)CCC(C)C1. The first-order valence-electron chi connectivity index (χ1n) is 13.6. The van der Waals surface area contributed by atoms with Crippen LogP contribution in [0.1, 0.15) is 75.7 Å². The van der Waals surface area contributed by atoms with Gasteiger partial charge >= 0.3 is 12.2 Å². The van der Waals surface area contributed by atoms with E-state index in [9.17, 15) is 18.0 Å². The zero-order chi connectivity index (χ0) is 27.5. The quantitative estimate of drug-likeness (QED) is 0.282. The van der Waals surface area contributed by atoms with Crippen molar-refractivity contribution in [2.24, 2.45) is 11.8 Å². The van der Waals surface area contributed by atoms with Crippen molar-refractivity contribution in [3.8, 4) is 0 Å². The van der Waals surface area contributed by atoms with Crippen LogP contribution in [-0.2, 0) is 10.9 Å². The van der Waals surface area contributed by atoms with E-state index in [1.165, 1.54) is 25.0 Å². The molecule has 38 heavy (non-hydrogen) atoms. The molecule has 2 aromatic rings. The van der Waals surface area contributed by atoms with Gasteiger partial charge in [0.15, 0.2) is 0 Å². The maximum absolute atomic E-state index is 13.9. The largest absolute Gasteiger partial charge is 0.416 e. The molecule has 2 amide bonds. The lowest BCUT2D eigenvalue weighted by Crippen LogP contribution is -2.62. The summed E-state index contributed by atoms with van der Waals surface area (Å²) in [6.45, 7) is 7.35. The molecule has 0 aromatic heterocycles. The highest BCUT2D eigenvalue weighted by Gasteiger charge is 2.41. The molecule has 8 heteroatoms. The Kier molecular flexibility index (Phi) is 9.03. The zero-order valence-corrected chi connectivity index (χ0v) is 23.5. The smallest absolute Gasteiger partial charge is 0.362 e. The summed E-state index contributed by atoms with van der Waals surface area (Å²) >= 11 is 1.57. The van der Waals surface area contributed by atoms with Crippen LogP contribution in [0.25, 0.3) is 0 Å². The van der Waals surface area contributed by atoms with Crippen molar-refractivity contribution >= 4 is 17.8 Å². The molecular weight excluding hydrogens is 509 g/mol. The van der Waals surface area contributed by atoms with Gasteiger partial charge in [-0.05, 0) is 66.7 Å². The van der Waals surface area contributed by atoms with Gasteiger partial charge in [-0.1, -0.05) is 63.9 Å². The second kappa shape index (κ2) is 11.9. The minimum Gasteiger partial charge on any atom is -0.362 e. The molecule has 1 N–H and O–H groups in total. The molecule has 1 aliphatic carbocycles. The fourth-order valence-corrected chi connectivity index (χ4v) is 6.36. The first-order chi connectivity index (χ1) is 18.0. The van der Waals surface area contributed by atoms with Crippen molar-refractivity contribution < 1.29 is 22.7 Å². The Morgan fingerprint density at radius 3 is 2.24 bits per heavy atom. The molecule has 2 fully saturated rings. The minimum atomic E-state index is -4.50. The predicted molar refractivity (Wildman–Crippen MR) is 146 cm³/mol. The van der Waals surface area contributed by atoms with Crippen LogP contribution in [-0.4, -0.2) is 41.9 Å². The molecule has 0 bridgehead atoms. The van der Waals surface area contributed by atoms with Crippen molar-refractivity contribution in [3.05, 3.63) is 65.2 Å². The van der Waals surface area contributed by atoms with E-state index in [-0.39, 0.29) is 23.2 Å². The van der Waals surface area contributed by atoms with Gasteiger partial charge in [-0.2, -0.15) is 13.2 Å². The highest BCUT2D eigenvalue weighted by atomic mass is 32.2. The van der Waals surface area contributed by atoms with Gasteiger partial charge in [0.2, 0.25) is 0 Å². The van der Waals surface area contributed by atoms with Crippen LogP contribution in [0.5, 0.6) is 0 Å². The number of nitrogens with zero attached hydrogens (tertiary/aromatic N) is 1. The van der Waals surface area contributed by atoms with Crippen molar-refractivity contribution in [2.45, 2.75) is 81.7 Å². The molecule has 3 unspecified atom stereocenters. The van der Waals surface area contributed by atoms with Gasteiger partial charge in [0.25, 0.3) is 0 Å². The fourth-order valence-electron chi connectivity index (χ4n) is 5.95. The molecule has 1 saturated carbocycles. The Bertz CT molecular complexity index is 1070. The molecule has 1 heterocycles. The number of hydrogen-bond acceptors (Lipinski definition) is 3. The number of nitrogens with one attached hydrogen (secondary N) is 1. The number of alkyl halides is 3. The maximum Gasteiger partial charge on any atom is 0.416 e. The molecule has 1 aliphatic heterocycles. The van der Waals surface area contributed by atoms with Crippen molar-refractivity contribution in [1.29, 1.82) is 0 Å². The van der Waals surface area contributed by atoms with Crippen LogP contribution >= 0.6 is 11.8 Å². The van der Waals surface area contributed by atoms with Crippen LogP contribution < -0.4 is 5.32 Å². The van der Waals surface area contributed by atoms with Gasteiger partial charge < -0.3 is 15.0 Å². The van der Waals surface area contributed by atoms with Crippen LogP contribution in [0.2, 0.25) is 0 Å². The van der Waals surface area contributed by atoms with E-state index in [1.54, 1.807) is 22.7 Å². The normalized spacial score (nSPS) is 25.4. The Morgan fingerprint density at radius 1 is 1.08 bits per heavy atom. The lowest BCUT2D eigenvalue weighted by atomic mass is 9.82. The molecule has 4 nitrogen and oxygen atoms in total. The van der Waals surface area contributed by atoms with E-state index in [0.29, 0.717) is 30.5 Å². The molecule has 2 aromatic carbocycles. The number of hydrogen-bond donors (Lipinski definition) is 1. The van der Waals surface area contributed by atoms with E-state index in [4.69, 9.17) is 4.74 Å². The summed E-state index contributed by atoms with van der Waals surface area (Å²) in [7, 11) is 0. The van der Waals surface area contributed by atoms with Gasteiger partial charge in [0.05, 0.1) is 24.8 Å². The van der Waals surface area contributed by atoms with Crippen molar-refractivity contribution in [3.63, 3.8) is 0 Å². The highest BCUT2D eigenvalue weighted by molar-refractivity contribution is 7.98. The number of thioether (sulfide) groups is 1. The summed E-state index contributed by atoms with van der Waals surface area (Å²) in [6.07, 6.45) is 1.39. The van der Waals surface area contributed by atoms with Gasteiger partial charge in [-0.3, -0.25) is 0 Å². The Labute approximate surface area is 228 Å². The van der Waals surface area contributed by atoms with E-state index in [0.717, 1.165) is 30.2 Å². The van der Waals surface area contributed by atoms with Gasteiger partial charge in [0.1, 0.15) is 6.10 Å². The number of likely N-dealkylation sites (tertiary alicyclic amines) is 1. The van der Waals surface area contributed by atoms with Gasteiger partial charge in [-0.15, -0.1) is 11.8 Å². The van der Waals surface area contributed by atoms with E-state index >= 15 is 0 Å². The van der Waals surface area contributed by atoms with Crippen molar-refractivity contribution in [2.75, 3.05) is 19.3 Å². The Hall–Kier alpha value is -2.19. The Balaban J connectivity index is 1.48. The lowest BCUT2D eigenvalue weighted by Gasteiger charge is -2.44. The maximum atomic E-state index is 13.9. The molecule has 3 atom stereocenters. The molecule has 208 valence electrons. The number of carbonyl (C=O) groups excluding carboxylic acids is 1. The summed E-state index contributed by atoms with van der Waals surface area (Å²) in [5.74, 6) is 1.11. The van der Waals surface area contributed by atoms with Gasteiger partial charge in [0, 0.05) is 10.4 Å². The number of carbonyl (C=O) groups is 1. The van der Waals surface area contributed by atoms with E-state index in [1.807, 2.05) is 30.5 Å². The molecule has 4 rings (SSSR count). The molecular formula is C30H39F3N2O2S. The number of rotatable bonds is 7. The average Bonchev–Trinajstić information content (AvgIpc) is 3.00. The Morgan fingerprint density at radius 2 is 1.68 bits per heavy atom. The first kappa shape index (κ1) is 28.8. The summed E-state index contributed by atoms with van der Waals surface area (Å²) in [6, 6.07) is 12.9. The molecule has 2 aliphatic rings. The summed E-state index contributed by atoms with van der Waals surface area (Å²) < 4.78 is 48.0. The summed E-state index contributed by atoms with van der Waals surface area (Å²) in [5.41, 5.74) is -0.166. The monoisotopic (exact) mass is 548 g/mol. The number of amides is 2. The third-order valence-electron chi connectivity index (χ3n) is 8.11. The zero-order valence-electron chi connectivity index (χ0n) is 22.7. The number of benzene rings is 2.